The fourth-order valence-electron chi connectivity index (χ4n) is 2.76. The minimum absolute atomic E-state index is 0.162. The predicted molar refractivity (Wildman–Crippen MR) is 86.4 cm³/mol. The number of nitrogens with zero attached hydrogens (tertiary/aromatic N) is 1. The zero-order valence-corrected chi connectivity index (χ0v) is 13.8. The summed E-state index contributed by atoms with van der Waals surface area (Å²) in [6.07, 6.45) is 6.16. The van der Waals surface area contributed by atoms with E-state index in [1.54, 1.807) is 0 Å². The van der Waals surface area contributed by atoms with Crippen molar-refractivity contribution in [3.05, 3.63) is 34.4 Å². The largest absolute Gasteiger partial charge is 0.342 e. The Bertz CT molecular complexity index is 428. The summed E-state index contributed by atoms with van der Waals surface area (Å²) in [6, 6.07) is 4.19. The number of aryl methyl sites for hydroxylation is 3. The Balaban J connectivity index is 2.61. The second-order valence-corrected chi connectivity index (χ2v) is 5.91. The first-order chi connectivity index (χ1) is 9.47. The molecular formula is C18H29NO. The first kappa shape index (κ1) is 16.7. The van der Waals surface area contributed by atoms with Gasteiger partial charge in [0.2, 0.25) is 0 Å². The molecule has 20 heavy (non-hydrogen) atoms. The van der Waals surface area contributed by atoms with E-state index in [-0.39, 0.29) is 5.91 Å². The van der Waals surface area contributed by atoms with Crippen LogP contribution in [0.2, 0.25) is 0 Å². The third kappa shape index (κ3) is 4.66. The minimum atomic E-state index is 0.162. The molecule has 0 aliphatic heterocycles. The van der Waals surface area contributed by atoms with E-state index in [4.69, 9.17) is 0 Å². The molecule has 0 saturated carbocycles. The Morgan fingerprint density at radius 1 is 1.00 bits per heavy atom. The number of hydrogen-bond acceptors (Lipinski definition) is 1. The second kappa shape index (κ2) is 8.08. The maximum absolute atomic E-state index is 12.5. The van der Waals surface area contributed by atoms with Crippen LogP contribution in [0.25, 0.3) is 0 Å². The molecule has 1 amide bonds. The van der Waals surface area contributed by atoms with Crippen molar-refractivity contribution in [2.24, 2.45) is 0 Å². The quantitative estimate of drug-likeness (QED) is 0.663. The lowest BCUT2D eigenvalue weighted by atomic mass is 9.99. The van der Waals surface area contributed by atoms with Gasteiger partial charge in [0.15, 0.2) is 0 Å². The zero-order chi connectivity index (χ0) is 15.1. The summed E-state index contributed by atoms with van der Waals surface area (Å²) < 4.78 is 0. The fraction of sp³-hybridized carbons (Fsp3) is 0.611. The van der Waals surface area contributed by atoms with Gasteiger partial charge < -0.3 is 4.90 Å². The Kier molecular flexibility index (Phi) is 6.77. The fourth-order valence-corrected chi connectivity index (χ4v) is 2.76. The van der Waals surface area contributed by atoms with Crippen molar-refractivity contribution in [1.29, 1.82) is 0 Å². The summed E-state index contributed by atoms with van der Waals surface area (Å²) in [5, 5.41) is 0. The Morgan fingerprint density at radius 3 is 2.10 bits per heavy atom. The van der Waals surface area contributed by atoms with Gasteiger partial charge in [-0.2, -0.15) is 0 Å². The molecule has 2 nitrogen and oxygen atoms in total. The van der Waals surface area contributed by atoms with Crippen LogP contribution < -0.4 is 0 Å². The molecule has 0 heterocycles. The molecule has 1 rings (SSSR count). The van der Waals surface area contributed by atoms with Crippen LogP contribution in [0.3, 0.4) is 0 Å². The van der Waals surface area contributed by atoms with Crippen molar-refractivity contribution in [2.75, 3.05) is 13.6 Å². The van der Waals surface area contributed by atoms with Crippen LogP contribution in [0.4, 0.5) is 0 Å². The van der Waals surface area contributed by atoms with Gasteiger partial charge in [0, 0.05) is 19.2 Å². The van der Waals surface area contributed by atoms with Crippen LogP contribution in [0.5, 0.6) is 0 Å². The lowest BCUT2D eigenvalue weighted by Crippen LogP contribution is -2.29. The van der Waals surface area contributed by atoms with E-state index in [1.165, 1.54) is 31.2 Å². The van der Waals surface area contributed by atoms with E-state index in [9.17, 15) is 4.79 Å². The maximum atomic E-state index is 12.5. The van der Waals surface area contributed by atoms with Crippen molar-refractivity contribution >= 4 is 5.91 Å². The molecule has 112 valence electrons. The van der Waals surface area contributed by atoms with E-state index < -0.39 is 0 Å². The number of amides is 1. The molecule has 0 radical (unpaired) electrons. The van der Waals surface area contributed by atoms with Gasteiger partial charge in [-0.25, -0.2) is 0 Å². The molecule has 0 atom stereocenters. The average molecular weight is 275 g/mol. The highest BCUT2D eigenvalue weighted by Gasteiger charge is 2.16. The first-order valence-corrected chi connectivity index (χ1v) is 7.80. The molecular weight excluding hydrogens is 246 g/mol. The van der Waals surface area contributed by atoms with Gasteiger partial charge in [0.05, 0.1) is 0 Å². The summed E-state index contributed by atoms with van der Waals surface area (Å²) in [5.41, 5.74) is 4.28. The van der Waals surface area contributed by atoms with Crippen molar-refractivity contribution < 1.29 is 4.79 Å². The highest BCUT2D eigenvalue weighted by molar-refractivity contribution is 5.97. The third-order valence-corrected chi connectivity index (χ3v) is 3.83. The number of rotatable bonds is 7. The van der Waals surface area contributed by atoms with Crippen LogP contribution in [-0.2, 0) is 0 Å². The molecule has 0 spiro atoms. The van der Waals surface area contributed by atoms with Gasteiger partial charge in [0.25, 0.3) is 5.91 Å². The molecule has 0 saturated heterocycles. The Hall–Kier alpha value is -1.31. The molecule has 0 aliphatic rings. The van der Waals surface area contributed by atoms with E-state index in [1.807, 2.05) is 25.8 Å². The van der Waals surface area contributed by atoms with Gasteiger partial charge in [-0.15, -0.1) is 0 Å². The third-order valence-electron chi connectivity index (χ3n) is 3.83. The van der Waals surface area contributed by atoms with Crippen LogP contribution in [-0.4, -0.2) is 24.4 Å². The summed E-state index contributed by atoms with van der Waals surface area (Å²) in [7, 11) is 1.92. The molecule has 0 fully saturated rings. The summed E-state index contributed by atoms with van der Waals surface area (Å²) >= 11 is 0. The first-order valence-electron chi connectivity index (χ1n) is 7.80. The normalized spacial score (nSPS) is 10.7. The molecule has 0 aliphatic carbocycles. The van der Waals surface area contributed by atoms with Gasteiger partial charge in [0.1, 0.15) is 0 Å². The smallest absolute Gasteiger partial charge is 0.254 e. The number of hydrogen-bond donors (Lipinski definition) is 0. The molecule has 0 aromatic heterocycles. The summed E-state index contributed by atoms with van der Waals surface area (Å²) in [4.78, 5) is 14.4. The van der Waals surface area contributed by atoms with Crippen LogP contribution >= 0.6 is 0 Å². The van der Waals surface area contributed by atoms with Gasteiger partial charge in [-0.1, -0.05) is 50.3 Å². The SMILES string of the molecule is CCCCCCCN(C)C(=O)c1c(C)cc(C)cc1C. The van der Waals surface area contributed by atoms with E-state index in [0.717, 1.165) is 29.7 Å². The standard InChI is InChI=1S/C18H29NO/c1-6-7-8-9-10-11-19(5)18(20)17-15(3)12-14(2)13-16(17)4/h12-13H,6-11H2,1-5H3. The number of unbranched alkanes of at least 4 members (excludes halogenated alkanes) is 4. The zero-order valence-electron chi connectivity index (χ0n) is 13.8. The van der Waals surface area contributed by atoms with E-state index in [2.05, 4.69) is 26.0 Å². The summed E-state index contributed by atoms with van der Waals surface area (Å²) in [5.74, 6) is 0.162. The van der Waals surface area contributed by atoms with Crippen LogP contribution in [0.1, 0.15) is 66.1 Å². The van der Waals surface area contributed by atoms with Gasteiger partial charge in [-0.05, 0) is 38.3 Å². The Morgan fingerprint density at radius 2 is 1.55 bits per heavy atom. The average Bonchev–Trinajstić information content (AvgIpc) is 2.36. The molecule has 0 unspecified atom stereocenters. The van der Waals surface area contributed by atoms with Crippen LogP contribution in [0.15, 0.2) is 12.1 Å². The monoisotopic (exact) mass is 275 g/mol. The molecule has 2 heteroatoms. The molecule has 1 aromatic carbocycles. The highest BCUT2D eigenvalue weighted by Crippen LogP contribution is 2.18. The van der Waals surface area contributed by atoms with Gasteiger partial charge in [-0.3, -0.25) is 4.79 Å². The predicted octanol–water partition coefficient (Wildman–Crippen LogP) is 4.65. The van der Waals surface area contributed by atoms with Crippen molar-refractivity contribution in [3.8, 4) is 0 Å². The van der Waals surface area contributed by atoms with Gasteiger partial charge >= 0.3 is 0 Å². The lowest BCUT2D eigenvalue weighted by molar-refractivity contribution is 0.0791. The second-order valence-electron chi connectivity index (χ2n) is 5.91. The number of carbonyl (C=O) groups excluding carboxylic acids is 1. The van der Waals surface area contributed by atoms with E-state index >= 15 is 0 Å². The minimum Gasteiger partial charge on any atom is -0.342 e. The van der Waals surface area contributed by atoms with Crippen LogP contribution in [0, 0.1) is 20.8 Å². The summed E-state index contributed by atoms with van der Waals surface area (Å²) in [6.45, 7) is 9.21. The number of carbonyl (C=O) groups is 1. The van der Waals surface area contributed by atoms with Crippen molar-refractivity contribution in [2.45, 2.75) is 59.8 Å². The molecule has 0 bridgehead atoms. The maximum Gasteiger partial charge on any atom is 0.254 e. The van der Waals surface area contributed by atoms with Crippen molar-refractivity contribution in [3.63, 3.8) is 0 Å². The topological polar surface area (TPSA) is 20.3 Å². The number of benzene rings is 1. The van der Waals surface area contributed by atoms with E-state index in [0.29, 0.717) is 0 Å². The molecule has 1 aromatic rings. The lowest BCUT2D eigenvalue weighted by Gasteiger charge is -2.20. The molecule has 0 N–H and O–H groups in total. The Labute approximate surface area is 124 Å². The van der Waals surface area contributed by atoms with Crippen molar-refractivity contribution in [1.82, 2.24) is 4.90 Å². The highest BCUT2D eigenvalue weighted by atomic mass is 16.2.